The summed E-state index contributed by atoms with van der Waals surface area (Å²) in [6.45, 7) is 4.30. The van der Waals surface area contributed by atoms with E-state index in [9.17, 15) is 15.2 Å². The Bertz CT molecular complexity index is 437. The lowest BCUT2D eigenvalue weighted by Crippen LogP contribution is -2.60. The standard InChI is InChI=1S/C10H13N3O3/c1-7-4-11-9(3-8(7)13(15)16)12-5-10(2,14)6-12/h3-4,14H,5-6H2,1-2H3. The summed E-state index contributed by atoms with van der Waals surface area (Å²) >= 11 is 0. The van der Waals surface area contributed by atoms with Crippen LogP contribution in [0.4, 0.5) is 11.5 Å². The van der Waals surface area contributed by atoms with Gasteiger partial charge in [0.05, 0.1) is 16.6 Å². The third-order valence-corrected chi connectivity index (χ3v) is 2.64. The van der Waals surface area contributed by atoms with E-state index in [1.807, 2.05) is 4.90 Å². The van der Waals surface area contributed by atoms with E-state index in [1.165, 1.54) is 12.3 Å². The van der Waals surface area contributed by atoms with Crippen LogP contribution < -0.4 is 4.90 Å². The lowest BCUT2D eigenvalue weighted by Gasteiger charge is -2.44. The van der Waals surface area contributed by atoms with Gasteiger partial charge in [0.2, 0.25) is 0 Å². The Hall–Kier alpha value is -1.69. The molecule has 0 atom stereocenters. The van der Waals surface area contributed by atoms with Gasteiger partial charge in [-0.3, -0.25) is 10.1 Å². The van der Waals surface area contributed by atoms with Crippen LogP contribution in [0.5, 0.6) is 0 Å². The third-order valence-electron chi connectivity index (χ3n) is 2.64. The van der Waals surface area contributed by atoms with Crippen LogP contribution in [0.3, 0.4) is 0 Å². The van der Waals surface area contributed by atoms with Gasteiger partial charge in [0, 0.05) is 24.8 Å². The fourth-order valence-electron chi connectivity index (χ4n) is 1.81. The average molecular weight is 223 g/mol. The number of β-amino-alcohol motifs (C(OH)–C–C–N with tert-alkyl or cyclic N) is 1. The zero-order valence-electron chi connectivity index (χ0n) is 9.17. The van der Waals surface area contributed by atoms with E-state index >= 15 is 0 Å². The van der Waals surface area contributed by atoms with Gasteiger partial charge in [-0.1, -0.05) is 0 Å². The Balaban J connectivity index is 2.24. The molecular formula is C10H13N3O3. The van der Waals surface area contributed by atoms with E-state index in [0.717, 1.165) is 0 Å². The molecule has 0 saturated carbocycles. The summed E-state index contributed by atoms with van der Waals surface area (Å²) in [4.78, 5) is 16.3. The van der Waals surface area contributed by atoms with Crippen molar-refractivity contribution >= 4 is 11.5 Å². The number of aliphatic hydroxyl groups is 1. The van der Waals surface area contributed by atoms with Gasteiger partial charge in [-0.05, 0) is 13.8 Å². The molecule has 1 aromatic heterocycles. The van der Waals surface area contributed by atoms with E-state index in [-0.39, 0.29) is 5.69 Å². The molecule has 1 N–H and O–H groups in total. The molecule has 0 amide bonds. The minimum absolute atomic E-state index is 0.0662. The second-order valence-corrected chi connectivity index (χ2v) is 4.44. The summed E-state index contributed by atoms with van der Waals surface area (Å²) in [7, 11) is 0. The van der Waals surface area contributed by atoms with E-state index in [4.69, 9.17) is 0 Å². The van der Waals surface area contributed by atoms with Crippen molar-refractivity contribution in [3.63, 3.8) is 0 Å². The van der Waals surface area contributed by atoms with Gasteiger partial charge in [-0.25, -0.2) is 4.98 Å². The normalized spacial score (nSPS) is 18.1. The number of aromatic nitrogens is 1. The molecule has 1 fully saturated rings. The first-order valence-corrected chi connectivity index (χ1v) is 4.97. The minimum atomic E-state index is -0.707. The van der Waals surface area contributed by atoms with Crippen molar-refractivity contribution in [3.8, 4) is 0 Å². The molecular weight excluding hydrogens is 210 g/mol. The monoisotopic (exact) mass is 223 g/mol. The Labute approximate surface area is 92.7 Å². The highest BCUT2D eigenvalue weighted by atomic mass is 16.6. The number of rotatable bonds is 2. The lowest BCUT2D eigenvalue weighted by atomic mass is 9.97. The Morgan fingerprint density at radius 1 is 1.62 bits per heavy atom. The molecule has 0 spiro atoms. The van der Waals surface area contributed by atoms with Crippen molar-refractivity contribution in [1.29, 1.82) is 0 Å². The van der Waals surface area contributed by atoms with Gasteiger partial charge in [-0.15, -0.1) is 0 Å². The second-order valence-electron chi connectivity index (χ2n) is 4.44. The first-order chi connectivity index (χ1) is 7.39. The number of nitro groups is 1. The number of anilines is 1. The molecule has 0 aromatic carbocycles. The van der Waals surface area contributed by atoms with Crippen LogP contribution in [0, 0.1) is 17.0 Å². The summed E-state index contributed by atoms with van der Waals surface area (Å²) in [6, 6.07) is 1.45. The quantitative estimate of drug-likeness (QED) is 0.594. The van der Waals surface area contributed by atoms with E-state index in [0.29, 0.717) is 24.5 Å². The molecule has 1 aliphatic rings. The van der Waals surface area contributed by atoms with Crippen LogP contribution in [0.25, 0.3) is 0 Å². The number of nitrogens with zero attached hydrogens (tertiary/aromatic N) is 3. The van der Waals surface area contributed by atoms with Crippen LogP contribution >= 0.6 is 0 Å². The Morgan fingerprint density at radius 2 is 2.25 bits per heavy atom. The maximum Gasteiger partial charge on any atom is 0.277 e. The molecule has 1 aromatic rings. The van der Waals surface area contributed by atoms with Crippen LogP contribution in [0.15, 0.2) is 12.3 Å². The summed E-state index contributed by atoms with van der Waals surface area (Å²) < 4.78 is 0. The van der Waals surface area contributed by atoms with E-state index in [2.05, 4.69) is 4.98 Å². The van der Waals surface area contributed by atoms with Crippen molar-refractivity contribution in [2.45, 2.75) is 19.4 Å². The molecule has 1 aliphatic heterocycles. The smallest absolute Gasteiger partial charge is 0.277 e. The van der Waals surface area contributed by atoms with E-state index < -0.39 is 10.5 Å². The summed E-state index contributed by atoms with van der Waals surface area (Å²) in [5.41, 5.74) is -0.0981. The molecule has 2 rings (SSSR count). The number of aryl methyl sites for hydroxylation is 1. The first-order valence-electron chi connectivity index (χ1n) is 4.97. The zero-order valence-corrected chi connectivity index (χ0v) is 9.17. The van der Waals surface area contributed by atoms with Crippen LogP contribution in [0.2, 0.25) is 0 Å². The fraction of sp³-hybridized carbons (Fsp3) is 0.500. The molecule has 0 bridgehead atoms. The predicted octanol–water partition coefficient (Wildman–Crippen LogP) is 0.869. The summed E-state index contributed by atoms with van der Waals surface area (Å²) in [5.74, 6) is 0.545. The number of hydrogen-bond donors (Lipinski definition) is 1. The highest BCUT2D eigenvalue weighted by molar-refractivity contribution is 5.52. The lowest BCUT2D eigenvalue weighted by molar-refractivity contribution is -0.385. The average Bonchev–Trinajstić information content (AvgIpc) is 2.14. The molecule has 1 saturated heterocycles. The molecule has 6 nitrogen and oxygen atoms in total. The fourth-order valence-corrected chi connectivity index (χ4v) is 1.81. The van der Waals surface area contributed by atoms with Crippen molar-refractivity contribution in [3.05, 3.63) is 27.9 Å². The highest BCUT2D eigenvalue weighted by Crippen LogP contribution is 2.29. The van der Waals surface area contributed by atoms with Crippen LogP contribution in [-0.4, -0.2) is 33.7 Å². The van der Waals surface area contributed by atoms with Crippen molar-refractivity contribution in [2.24, 2.45) is 0 Å². The van der Waals surface area contributed by atoms with Crippen LogP contribution in [0.1, 0.15) is 12.5 Å². The van der Waals surface area contributed by atoms with Gasteiger partial charge < -0.3 is 10.0 Å². The number of pyridine rings is 1. The molecule has 6 heteroatoms. The van der Waals surface area contributed by atoms with Gasteiger partial charge in [-0.2, -0.15) is 0 Å². The minimum Gasteiger partial charge on any atom is -0.386 e. The van der Waals surface area contributed by atoms with E-state index in [1.54, 1.807) is 13.8 Å². The highest BCUT2D eigenvalue weighted by Gasteiger charge is 2.37. The Kier molecular flexibility index (Phi) is 2.31. The van der Waals surface area contributed by atoms with Crippen molar-refractivity contribution < 1.29 is 10.0 Å². The molecule has 86 valence electrons. The molecule has 2 heterocycles. The molecule has 0 aliphatic carbocycles. The molecule has 0 unspecified atom stereocenters. The van der Waals surface area contributed by atoms with Gasteiger partial charge in [0.15, 0.2) is 0 Å². The van der Waals surface area contributed by atoms with Crippen LogP contribution in [-0.2, 0) is 0 Å². The molecule has 16 heavy (non-hydrogen) atoms. The van der Waals surface area contributed by atoms with Crippen molar-refractivity contribution in [2.75, 3.05) is 18.0 Å². The summed E-state index contributed by atoms with van der Waals surface area (Å²) in [6.07, 6.45) is 1.49. The van der Waals surface area contributed by atoms with Gasteiger partial charge in [0.1, 0.15) is 5.82 Å². The third kappa shape index (κ3) is 1.83. The van der Waals surface area contributed by atoms with Gasteiger partial charge >= 0.3 is 0 Å². The molecule has 0 radical (unpaired) electrons. The Morgan fingerprint density at radius 3 is 2.75 bits per heavy atom. The van der Waals surface area contributed by atoms with Crippen molar-refractivity contribution in [1.82, 2.24) is 4.98 Å². The second kappa shape index (κ2) is 3.41. The summed E-state index contributed by atoms with van der Waals surface area (Å²) in [5, 5.41) is 20.3. The first kappa shape index (κ1) is 10.8. The SMILES string of the molecule is Cc1cnc(N2CC(C)(O)C2)cc1[N+](=O)[O-]. The maximum atomic E-state index is 10.7. The number of hydrogen-bond acceptors (Lipinski definition) is 5. The zero-order chi connectivity index (χ0) is 11.9. The van der Waals surface area contributed by atoms with Gasteiger partial charge in [0.25, 0.3) is 5.69 Å². The predicted molar refractivity (Wildman–Crippen MR) is 58.5 cm³/mol. The largest absolute Gasteiger partial charge is 0.386 e. The topological polar surface area (TPSA) is 79.5 Å². The maximum absolute atomic E-state index is 10.7.